The lowest BCUT2D eigenvalue weighted by Gasteiger charge is -2.39. The predicted molar refractivity (Wildman–Crippen MR) is 247 cm³/mol. The average molecular weight is 869 g/mol. The number of carbonyl (C=O) groups is 2. The number of aliphatic hydroxyl groups is 4. The molecule has 0 aromatic heterocycles. The summed E-state index contributed by atoms with van der Waals surface area (Å²) in [4.78, 5) is 25.4. The molecule has 0 saturated carbocycles. The molecule has 6 atom stereocenters. The van der Waals surface area contributed by atoms with Crippen LogP contribution in [0.15, 0.2) is 12.2 Å². The second-order valence-corrected chi connectivity index (χ2v) is 18.0. The number of unbranched alkanes of at least 4 members (excludes halogenated alkanes) is 31. The maximum absolute atomic E-state index is 12.8. The minimum atomic E-state index is -1.59. The molecular formula is C51H96O10. The molecule has 0 radical (unpaired) electrons. The summed E-state index contributed by atoms with van der Waals surface area (Å²) in [5, 5.41) is 40.2. The first-order valence-corrected chi connectivity index (χ1v) is 25.8. The summed E-state index contributed by atoms with van der Waals surface area (Å²) >= 11 is 0. The van der Waals surface area contributed by atoms with Crippen LogP contribution in [0, 0.1) is 0 Å². The highest BCUT2D eigenvalue weighted by Crippen LogP contribution is 2.23. The lowest BCUT2D eigenvalue weighted by molar-refractivity contribution is -0.305. The summed E-state index contributed by atoms with van der Waals surface area (Å²) in [7, 11) is 0. The monoisotopic (exact) mass is 869 g/mol. The van der Waals surface area contributed by atoms with Crippen molar-refractivity contribution in [3.8, 4) is 0 Å². The van der Waals surface area contributed by atoms with Gasteiger partial charge in [0.15, 0.2) is 12.4 Å². The molecule has 0 amide bonds. The van der Waals surface area contributed by atoms with Crippen LogP contribution in [0.25, 0.3) is 0 Å². The van der Waals surface area contributed by atoms with E-state index in [1.807, 2.05) is 0 Å². The van der Waals surface area contributed by atoms with Crippen LogP contribution in [0.1, 0.15) is 245 Å². The van der Waals surface area contributed by atoms with Crippen LogP contribution in [0.5, 0.6) is 0 Å². The molecule has 360 valence electrons. The Kier molecular flexibility index (Phi) is 39.9. The van der Waals surface area contributed by atoms with Crippen molar-refractivity contribution < 1.29 is 49.0 Å². The Bertz CT molecular complexity index is 1010. The van der Waals surface area contributed by atoms with Crippen LogP contribution < -0.4 is 0 Å². The van der Waals surface area contributed by atoms with Gasteiger partial charge in [-0.15, -0.1) is 0 Å². The molecule has 10 heteroatoms. The molecule has 0 spiro atoms. The third-order valence-electron chi connectivity index (χ3n) is 12.2. The van der Waals surface area contributed by atoms with Crippen LogP contribution in [0.3, 0.4) is 0 Å². The van der Waals surface area contributed by atoms with E-state index in [9.17, 15) is 30.0 Å². The van der Waals surface area contributed by atoms with Gasteiger partial charge in [-0.2, -0.15) is 0 Å². The molecule has 1 aliphatic heterocycles. The fraction of sp³-hybridized carbons (Fsp3) is 0.922. The Morgan fingerprint density at radius 1 is 0.492 bits per heavy atom. The molecule has 1 heterocycles. The summed E-state index contributed by atoms with van der Waals surface area (Å²) in [6, 6.07) is 0. The van der Waals surface area contributed by atoms with E-state index in [0.717, 1.165) is 44.9 Å². The third-order valence-corrected chi connectivity index (χ3v) is 12.2. The van der Waals surface area contributed by atoms with Gasteiger partial charge in [0.1, 0.15) is 31.0 Å². The first-order valence-electron chi connectivity index (χ1n) is 25.8. The first-order chi connectivity index (χ1) is 29.8. The molecule has 0 aromatic rings. The number of esters is 2. The van der Waals surface area contributed by atoms with Crippen molar-refractivity contribution in [3.05, 3.63) is 12.2 Å². The summed E-state index contributed by atoms with van der Waals surface area (Å²) in [6.07, 6.45) is 39.5. The van der Waals surface area contributed by atoms with Crippen molar-refractivity contribution in [2.75, 3.05) is 19.8 Å². The van der Waals surface area contributed by atoms with Crippen LogP contribution in [0.2, 0.25) is 0 Å². The van der Waals surface area contributed by atoms with Crippen molar-refractivity contribution in [3.63, 3.8) is 0 Å². The van der Waals surface area contributed by atoms with Gasteiger partial charge in [-0.05, 0) is 38.5 Å². The largest absolute Gasteiger partial charge is 0.462 e. The van der Waals surface area contributed by atoms with Gasteiger partial charge in [0.05, 0.1) is 13.2 Å². The summed E-state index contributed by atoms with van der Waals surface area (Å²) in [6.45, 7) is 3.44. The SMILES string of the molecule is CCCCCCCC/C=C/CCCCCC(=O)OC[C@H](CO[C@@H]1O[C@H](CO)[C@H](O)C(O)C1O)OC(=O)CCCCCCCCCCCCCCCCCCCCCCCCC. The molecule has 61 heavy (non-hydrogen) atoms. The highest BCUT2D eigenvalue weighted by molar-refractivity contribution is 5.70. The second kappa shape index (κ2) is 42.4. The number of ether oxygens (including phenoxy) is 4. The van der Waals surface area contributed by atoms with Gasteiger partial charge in [0.2, 0.25) is 0 Å². The van der Waals surface area contributed by atoms with Crippen LogP contribution in [-0.2, 0) is 28.5 Å². The van der Waals surface area contributed by atoms with E-state index in [-0.39, 0.29) is 32.0 Å². The number of allylic oxidation sites excluding steroid dienone is 2. The number of hydrogen-bond acceptors (Lipinski definition) is 10. The third kappa shape index (κ3) is 33.6. The molecule has 1 aliphatic rings. The number of carbonyl (C=O) groups excluding carboxylic acids is 2. The average Bonchev–Trinajstić information content (AvgIpc) is 3.26. The lowest BCUT2D eigenvalue weighted by atomic mass is 9.99. The Hall–Kier alpha value is -1.56. The molecule has 1 fully saturated rings. The summed E-state index contributed by atoms with van der Waals surface area (Å²) < 4.78 is 22.2. The van der Waals surface area contributed by atoms with Gasteiger partial charge in [-0.3, -0.25) is 9.59 Å². The van der Waals surface area contributed by atoms with Gasteiger partial charge in [0, 0.05) is 12.8 Å². The maximum atomic E-state index is 12.8. The highest BCUT2D eigenvalue weighted by atomic mass is 16.7. The highest BCUT2D eigenvalue weighted by Gasteiger charge is 2.44. The molecule has 2 unspecified atom stereocenters. The molecule has 0 bridgehead atoms. The van der Waals surface area contributed by atoms with Crippen LogP contribution in [-0.4, -0.2) is 89.0 Å². The van der Waals surface area contributed by atoms with E-state index in [1.165, 1.54) is 161 Å². The van der Waals surface area contributed by atoms with E-state index in [0.29, 0.717) is 12.8 Å². The standard InChI is InChI=1S/C51H96O10/c1-3-5-7-9-11-13-15-17-18-19-20-21-22-23-24-25-26-28-30-32-34-36-38-40-47(54)60-44(43-59-51-50(57)49(56)48(55)45(41-52)61-51)42-58-46(53)39-37-35-33-31-29-27-16-14-12-10-8-6-4-2/h27,29,44-45,48-52,55-57H,3-26,28,30-43H2,1-2H3/b29-27+/t44-,45-,48+,49?,50?,51-/m1/s1. The normalized spacial score (nSPS) is 19.7. The summed E-state index contributed by atoms with van der Waals surface area (Å²) in [5.41, 5.74) is 0. The quantitative estimate of drug-likeness (QED) is 0.0264. The zero-order valence-corrected chi connectivity index (χ0v) is 39.4. The number of rotatable bonds is 44. The van der Waals surface area contributed by atoms with E-state index in [4.69, 9.17) is 18.9 Å². The van der Waals surface area contributed by atoms with E-state index in [2.05, 4.69) is 26.0 Å². The fourth-order valence-corrected chi connectivity index (χ4v) is 8.07. The predicted octanol–water partition coefficient (Wildman–Crippen LogP) is 11.9. The van der Waals surface area contributed by atoms with Gasteiger partial charge < -0.3 is 39.4 Å². The van der Waals surface area contributed by atoms with E-state index in [1.54, 1.807) is 0 Å². The maximum Gasteiger partial charge on any atom is 0.306 e. The molecule has 0 aromatic carbocycles. The second-order valence-electron chi connectivity index (χ2n) is 18.0. The number of hydrogen-bond donors (Lipinski definition) is 4. The topological polar surface area (TPSA) is 152 Å². The smallest absolute Gasteiger partial charge is 0.306 e. The lowest BCUT2D eigenvalue weighted by Crippen LogP contribution is -2.59. The Morgan fingerprint density at radius 3 is 1.30 bits per heavy atom. The molecule has 1 rings (SSSR count). The van der Waals surface area contributed by atoms with Crippen molar-refractivity contribution in [1.29, 1.82) is 0 Å². The zero-order chi connectivity index (χ0) is 44.4. The molecule has 10 nitrogen and oxygen atoms in total. The molecular weight excluding hydrogens is 773 g/mol. The minimum Gasteiger partial charge on any atom is -0.462 e. The van der Waals surface area contributed by atoms with Gasteiger partial charge >= 0.3 is 11.9 Å². The Balaban J connectivity index is 2.22. The fourth-order valence-electron chi connectivity index (χ4n) is 8.07. The van der Waals surface area contributed by atoms with Gasteiger partial charge in [-0.1, -0.05) is 206 Å². The van der Waals surface area contributed by atoms with Crippen molar-refractivity contribution in [1.82, 2.24) is 0 Å². The molecule has 1 saturated heterocycles. The van der Waals surface area contributed by atoms with Crippen molar-refractivity contribution in [2.24, 2.45) is 0 Å². The van der Waals surface area contributed by atoms with Crippen molar-refractivity contribution in [2.45, 2.75) is 282 Å². The zero-order valence-electron chi connectivity index (χ0n) is 39.4. The van der Waals surface area contributed by atoms with Crippen LogP contribution >= 0.6 is 0 Å². The minimum absolute atomic E-state index is 0.220. The van der Waals surface area contributed by atoms with E-state index < -0.39 is 49.4 Å². The summed E-state index contributed by atoms with van der Waals surface area (Å²) in [5.74, 6) is -0.811. The van der Waals surface area contributed by atoms with Gasteiger partial charge in [0.25, 0.3) is 0 Å². The Labute approximate surface area is 373 Å². The molecule has 0 aliphatic carbocycles. The first kappa shape index (κ1) is 57.5. The Morgan fingerprint density at radius 2 is 0.869 bits per heavy atom. The number of aliphatic hydroxyl groups excluding tert-OH is 4. The van der Waals surface area contributed by atoms with Crippen molar-refractivity contribution >= 4 is 11.9 Å². The molecule has 4 N–H and O–H groups in total. The van der Waals surface area contributed by atoms with Crippen LogP contribution in [0.4, 0.5) is 0 Å². The van der Waals surface area contributed by atoms with Gasteiger partial charge in [-0.25, -0.2) is 0 Å². The van der Waals surface area contributed by atoms with E-state index >= 15 is 0 Å².